The van der Waals surface area contributed by atoms with E-state index in [9.17, 15) is 5.26 Å². The third kappa shape index (κ3) is 5.93. The van der Waals surface area contributed by atoms with Crippen LogP contribution in [0.1, 0.15) is 42.4 Å². The number of ether oxygens (including phenoxy) is 2. The summed E-state index contributed by atoms with van der Waals surface area (Å²) < 4.78 is 11.1. The fourth-order valence-electron chi connectivity index (χ4n) is 4.61. The van der Waals surface area contributed by atoms with E-state index in [2.05, 4.69) is 16.1 Å². The number of anilines is 1. The molecule has 1 fully saturated rings. The molecule has 1 aromatic heterocycles. The normalized spacial score (nSPS) is 14.9. The lowest BCUT2D eigenvalue weighted by molar-refractivity contribution is 0.323. The van der Waals surface area contributed by atoms with Crippen molar-refractivity contribution in [2.45, 2.75) is 25.2 Å². The van der Waals surface area contributed by atoms with Crippen LogP contribution in [0.4, 0.5) is 11.4 Å². The molecule has 2 aliphatic rings. The molecule has 0 N–H and O–H groups in total. The van der Waals surface area contributed by atoms with Gasteiger partial charge in [-0.3, -0.25) is 0 Å². The molecule has 1 saturated carbocycles. The predicted octanol–water partition coefficient (Wildman–Crippen LogP) is 6.00. The van der Waals surface area contributed by atoms with Gasteiger partial charge in [-0.25, -0.2) is 9.98 Å². The molecule has 1 aliphatic heterocycles. The molecule has 0 bridgehead atoms. The van der Waals surface area contributed by atoms with Gasteiger partial charge in [-0.2, -0.15) is 5.26 Å². The van der Waals surface area contributed by atoms with Crippen molar-refractivity contribution in [3.63, 3.8) is 0 Å². The molecule has 6 rings (SSSR count). The molecular formula is C31H28ClN7O2. The van der Waals surface area contributed by atoms with E-state index in [0.717, 1.165) is 47.1 Å². The summed E-state index contributed by atoms with van der Waals surface area (Å²) in [7, 11) is 1.64. The maximum absolute atomic E-state index is 9.21. The van der Waals surface area contributed by atoms with Crippen molar-refractivity contribution in [1.82, 2.24) is 14.9 Å². The van der Waals surface area contributed by atoms with Crippen LogP contribution in [0.5, 0.6) is 11.5 Å². The Bertz CT molecular complexity index is 1630. The number of benzene rings is 3. The number of aliphatic imine (C=N–C) groups is 1. The Labute approximate surface area is 243 Å². The first-order chi connectivity index (χ1) is 20.1. The molecule has 0 amide bonds. The van der Waals surface area contributed by atoms with E-state index in [-0.39, 0.29) is 0 Å². The average molecular weight is 566 g/mol. The maximum Gasteiger partial charge on any atom is 0.204 e. The van der Waals surface area contributed by atoms with E-state index in [1.165, 1.54) is 0 Å². The maximum atomic E-state index is 9.21. The van der Waals surface area contributed by atoms with Crippen LogP contribution in [0.25, 0.3) is 0 Å². The van der Waals surface area contributed by atoms with Gasteiger partial charge in [-0.1, -0.05) is 29.8 Å². The average Bonchev–Trinajstić information content (AvgIpc) is 3.69. The molecule has 9 nitrogen and oxygen atoms in total. The standard InChI is InChI=1S/C31H28ClN7O2/c1-40-24-13-15-25(16-14-24)41-20-19-38(18-4-17-33)23-11-9-22(10-12-23)34-29-28(26-5-2-3-6-27(26)32)36-39-31(29)35-30(37-39)21-7-8-21/h2-3,5-6,9-16,21H,4,7-8,18-20H2,1H3/b34-29-. The first-order valence-corrected chi connectivity index (χ1v) is 13.9. The number of nitrogens with zero attached hydrogens (tertiary/aromatic N) is 7. The monoisotopic (exact) mass is 565 g/mol. The highest BCUT2D eigenvalue weighted by atomic mass is 35.5. The third-order valence-corrected chi connectivity index (χ3v) is 7.28. The summed E-state index contributed by atoms with van der Waals surface area (Å²) in [4.78, 5) is 13.5. The molecule has 2 heterocycles. The minimum Gasteiger partial charge on any atom is -0.497 e. The number of fused-ring (bicyclic) bond motifs is 1. The Morgan fingerprint density at radius 1 is 1.02 bits per heavy atom. The fraction of sp³-hybridized carbons (Fsp3) is 0.258. The Morgan fingerprint density at radius 3 is 2.49 bits per heavy atom. The Hall–Kier alpha value is -4.68. The predicted molar refractivity (Wildman–Crippen MR) is 159 cm³/mol. The van der Waals surface area contributed by atoms with Crippen LogP contribution in [-0.4, -0.2) is 53.1 Å². The molecule has 10 heteroatoms. The molecule has 0 saturated heterocycles. The number of halogens is 1. The quantitative estimate of drug-likeness (QED) is 0.221. The molecular weight excluding hydrogens is 538 g/mol. The number of rotatable bonds is 11. The molecule has 206 valence electrons. The second kappa shape index (κ2) is 11.8. The van der Waals surface area contributed by atoms with Crippen LogP contribution >= 0.6 is 11.6 Å². The molecule has 0 spiro atoms. The van der Waals surface area contributed by atoms with Crippen molar-refractivity contribution in [2.24, 2.45) is 10.1 Å². The van der Waals surface area contributed by atoms with Gasteiger partial charge in [-0.05, 0) is 67.4 Å². The lowest BCUT2D eigenvalue weighted by Crippen LogP contribution is -2.29. The summed E-state index contributed by atoms with van der Waals surface area (Å²) >= 11 is 6.54. The number of nitriles is 1. The lowest BCUT2D eigenvalue weighted by atomic mass is 10.1. The van der Waals surface area contributed by atoms with E-state index < -0.39 is 0 Å². The second-order valence-corrected chi connectivity index (χ2v) is 10.2. The smallest absolute Gasteiger partial charge is 0.204 e. The first kappa shape index (κ1) is 26.5. The summed E-state index contributed by atoms with van der Waals surface area (Å²) in [6.07, 6.45) is 2.61. The highest BCUT2D eigenvalue weighted by Gasteiger charge is 2.34. The van der Waals surface area contributed by atoms with Crippen molar-refractivity contribution < 1.29 is 9.47 Å². The summed E-state index contributed by atoms with van der Waals surface area (Å²) in [5.74, 6) is 3.39. The summed E-state index contributed by atoms with van der Waals surface area (Å²) in [5.41, 5.74) is 3.79. The minimum absolute atomic E-state index is 0.403. The number of aromatic nitrogens is 3. The zero-order chi connectivity index (χ0) is 28.2. The lowest BCUT2D eigenvalue weighted by Gasteiger charge is -2.24. The van der Waals surface area contributed by atoms with Gasteiger partial charge in [-0.15, -0.1) is 15.0 Å². The molecule has 0 radical (unpaired) electrons. The Balaban J connectivity index is 1.22. The number of methoxy groups -OCH3 is 1. The van der Waals surface area contributed by atoms with Gasteiger partial charge in [0.05, 0.1) is 36.9 Å². The van der Waals surface area contributed by atoms with Crippen LogP contribution in [-0.2, 0) is 0 Å². The molecule has 1 aliphatic carbocycles. The Morgan fingerprint density at radius 2 is 1.78 bits per heavy atom. The molecule has 0 atom stereocenters. The third-order valence-electron chi connectivity index (χ3n) is 6.95. The highest BCUT2D eigenvalue weighted by Crippen LogP contribution is 2.39. The fourth-order valence-corrected chi connectivity index (χ4v) is 4.83. The van der Waals surface area contributed by atoms with Crippen LogP contribution in [0.2, 0.25) is 5.02 Å². The molecule has 41 heavy (non-hydrogen) atoms. The van der Waals surface area contributed by atoms with Crippen molar-refractivity contribution in [2.75, 3.05) is 31.7 Å². The topological polar surface area (TPSA) is 101 Å². The molecule has 3 aromatic carbocycles. The molecule has 4 aromatic rings. The van der Waals surface area contributed by atoms with Gasteiger partial charge in [0.1, 0.15) is 29.5 Å². The van der Waals surface area contributed by atoms with Gasteiger partial charge >= 0.3 is 0 Å². The number of hydrogen-bond donors (Lipinski definition) is 0. The summed E-state index contributed by atoms with van der Waals surface area (Å²) in [6.45, 7) is 1.68. The SMILES string of the molecule is COc1ccc(OCCN(CCC#N)c2ccc(/N=C3/C(c4ccccc4Cl)=Nn4nc(C5CC5)nc43)cc2)cc1. The summed E-state index contributed by atoms with van der Waals surface area (Å²) in [6, 6.07) is 25.2. The van der Waals surface area contributed by atoms with Crippen molar-refractivity contribution >= 4 is 34.4 Å². The van der Waals surface area contributed by atoms with Crippen LogP contribution in [0.3, 0.4) is 0 Å². The summed E-state index contributed by atoms with van der Waals surface area (Å²) in [5, 5.41) is 19.1. The van der Waals surface area contributed by atoms with Gasteiger partial charge in [0.15, 0.2) is 5.82 Å². The zero-order valence-electron chi connectivity index (χ0n) is 22.6. The first-order valence-electron chi connectivity index (χ1n) is 13.5. The largest absolute Gasteiger partial charge is 0.497 e. The minimum atomic E-state index is 0.403. The van der Waals surface area contributed by atoms with Gasteiger partial charge in [0.25, 0.3) is 0 Å². The van der Waals surface area contributed by atoms with Gasteiger partial charge in [0.2, 0.25) is 5.82 Å². The van der Waals surface area contributed by atoms with Gasteiger partial charge in [0, 0.05) is 23.7 Å². The van der Waals surface area contributed by atoms with E-state index >= 15 is 0 Å². The van der Waals surface area contributed by atoms with E-state index in [0.29, 0.717) is 54.3 Å². The van der Waals surface area contributed by atoms with E-state index in [4.69, 9.17) is 36.2 Å². The Kier molecular flexibility index (Phi) is 7.65. The van der Waals surface area contributed by atoms with Gasteiger partial charge < -0.3 is 14.4 Å². The highest BCUT2D eigenvalue weighted by molar-refractivity contribution is 6.56. The zero-order valence-corrected chi connectivity index (χ0v) is 23.3. The van der Waals surface area contributed by atoms with Crippen molar-refractivity contribution in [1.29, 1.82) is 5.26 Å². The second-order valence-electron chi connectivity index (χ2n) is 9.78. The van der Waals surface area contributed by atoms with E-state index in [1.807, 2.05) is 72.8 Å². The van der Waals surface area contributed by atoms with Crippen molar-refractivity contribution in [3.05, 3.63) is 95.0 Å². The molecule has 0 unspecified atom stereocenters. The van der Waals surface area contributed by atoms with E-state index in [1.54, 1.807) is 11.9 Å². The van der Waals surface area contributed by atoms with Crippen LogP contribution in [0, 0.1) is 11.3 Å². The van der Waals surface area contributed by atoms with Crippen molar-refractivity contribution in [3.8, 4) is 17.6 Å². The number of hydrogen-bond acceptors (Lipinski definition) is 8. The van der Waals surface area contributed by atoms with Crippen LogP contribution in [0.15, 0.2) is 82.9 Å². The van der Waals surface area contributed by atoms with Crippen LogP contribution < -0.4 is 14.4 Å².